The Hall–Kier alpha value is -0.926. The van der Waals surface area contributed by atoms with E-state index in [2.05, 4.69) is 9.98 Å². The van der Waals surface area contributed by atoms with Crippen molar-refractivity contribution in [1.82, 2.24) is 0 Å². The molecule has 0 saturated heterocycles. The van der Waals surface area contributed by atoms with E-state index in [0.29, 0.717) is 0 Å². The van der Waals surface area contributed by atoms with Crippen LogP contribution in [0.4, 0.5) is 0 Å². The van der Waals surface area contributed by atoms with E-state index in [1.165, 1.54) is 12.8 Å². The molecule has 7 heteroatoms. The number of carbonyl (C=O) groups excluding carboxylic acids is 2. The fourth-order valence-electron chi connectivity index (χ4n) is 3.92. The molecule has 0 radical (unpaired) electrons. The fourth-order valence-corrected chi connectivity index (χ4v) is 3.92. The van der Waals surface area contributed by atoms with E-state index < -0.39 is 24.8 Å². The van der Waals surface area contributed by atoms with Crippen molar-refractivity contribution in [3.8, 4) is 0 Å². The molecule has 0 aromatic rings. The molecule has 2 aliphatic rings. The molecule has 0 bridgehead atoms. The Morgan fingerprint density at radius 1 is 0.727 bits per heavy atom. The summed E-state index contributed by atoms with van der Waals surface area (Å²) in [5, 5.41) is 0. The molecule has 2 saturated carbocycles. The number of hydrogen-bond donors (Lipinski definition) is 0. The second-order valence-electron chi connectivity index (χ2n) is 5.94. The molecule has 0 aromatic carbocycles. The average molecular weight is 342 g/mol. The van der Waals surface area contributed by atoms with Crippen molar-refractivity contribution in [2.24, 2.45) is 21.8 Å². The number of aliphatic imine (C=N–C) groups is 2. The maximum absolute atomic E-state index is 10.9. The van der Waals surface area contributed by atoms with Crippen LogP contribution in [0.15, 0.2) is 9.98 Å². The predicted octanol–water partition coefficient (Wildman–Crippen LogP) is 3.27. The van der Waals surface area contributed by atoms with E-state index in [1.54, 1.807) is 12.2 Å². The molecule has 0 heterocycles. The van der Waals surface area contributed by atoms with Gasteiger partial charge in [0.15, 0.2) is 5.66 Å². The van der Waals surface area contributed by atoms with Crippen LogP contribution in [0, 0.1) is 11.8 Å². The summed E-state index contributed by atoms with van der Waals surface area (Å²) in [5.74, 6) is 0.430. The summed E-state index contributed by atoms with van der Waals surface area (Å²) in [5.41, 5.74) is -0.857. The Bertz CT molecular complexity index is 428. The van der Waals surface area contributed by atoms with E-state index in [1.807, 2.05) is 0 Å². The molecular weight excluding hydrogens is 320 g/mol. The van der Waals surface area contributed by atoms with Crippen molar-refractivity contribution >= 4 is 12.2 Å². The second-order valence-corrected chi connectivity index (χ2v) is 6.20. The maximum atomic E-state index is 10.9. The van der Waals surface area contributed by atoms with Crippen LogP contribution in [-0.2, 0) is 35.3 Å². The zero-order chi connectivity index (χ0) is 16.3. The molecule has 2 rings (SSSR count). The fraction of sp³-hybridized carbons (Fsp3) is 0.867. The van der Waals surface area contributed by atoms with Gasteiger partial charge in [-0.05, 0) is 25.7 Å². The summed E-state index contributed by atoms with van der Waals surface area (Å²) >= 11 is -2.00. The topological polar surface area (TPSA) is 93.0 Å². The number of rotatable bonds is 4. The van der Waals surface area contributed by atoms with Gasteiger partial charge in [-0.15, -0.1) is 0 Å². The molecule has 0 N–H and O–H groups in total. The average Bonchev–Trinajstić information content (AvgIpc) is 2.57. The van der Waals surface area contributed by atoms with Gasteiger partial charge < -0.3 is 0 Å². The summed E-state index contributed by atoms with van der Waals surface area (Å²) in [4.78, 5) is 29.9. The molecule has 0 atom stereocenters. The van der Waals surface area contributed by atoms with E-state index in [-0.39, 0.29) is 11.8 Å². The van der Waals surface area contributed by atoms with Crippen LogP contribution in [-0.4, -0.2) is 17.8 Å². The van der Waals surface area contributed by atoms with Crippen LogP contribution in [0.5, 0.6) is 0 Å². The summed E-state index contributed by atoms with van der Waals surface area (Å²) in [7, 11) is 0. The first-order valence-electron chi connectivity index (χ1n) is 7.92. The SMILES string of the molecule is O=C=NC(N=C=O)(C1CCCCC1)C1CCCCC1.[O]=[Ti]=[O]. The first-order valence-corrected chi connectivity index (χ1v) is 9.20. The van der Waals surface area contributed by atoms with Gasteiger partial charge in [-0.3, -0.25) is 0 Å². The van der Waals surface area contributed by atoms with Crippen molar-refractivity contribution < 1.29 is 35.3 Å². The van der Waals surface area contributed by atoms with Crippen molar-refractivity contribution in [3.63, 3.8) is 0 Å². The van der Waals surface area contributed by atoms with Crippen LogP contribution < -0.4 is 0 Å². The van der Waals surface area contributed by atoms with Gasteiger partial charge >= 0.3 is 25.7 Å². The van der Waals surface area contributed by atoms with Gasteiger partial charge in [-0.1, -0.05) is 38.5 Å². The Morgan fingerprint density at radius 3 is 1.32 bits per heavy atom. The number of isocyanates is 2. The third-order valence-corrected chi connectivity index (χ3v) is 4.86. The van der Waals surface area contributed by atoms with Gasteiger partial charge in [0.2, 0.25) is 12.2 Å². The van der Waals surface area contributed by atoms with Crippen molar-refractivity contribution in [2.45, 2.75) is 69.9 Å². The third-order valence-electron chi connectivity index (χ3n) is 4.86. The zero-order valence-corrected chi connectivity index (χ0v) is 14.3. The van der Waals surface area contributed by atoms with Crippen LogP contribution in [0.2, 0.25) is 0 Å². The third kappa shape index (κ3) is 5.07. The molecule has 120 valence electrons. The van der Waals surface area contributed by atoms with Gasteiger partial charge in [0.25, 0.3) is 0 Å². The molecule has 0 unspecified atom stereocenters. The Balaban J connectivity index is 0.000000745. The van der Waals surface area contributed by atoms with Crippen LogP contribution in [0.1, 0.15) is 64.2 Å². The van der Waals surface area contributed by atoms with Gasteiger partial charge in [-0.2, -0.15) is 9.98 Å². The zero-order valence-electron chi connectivity index (χ0n) is 12.8. The van der Waals surface area contributed by atoms with Crippen molar-refractivity contribution in [1.29, 1.82) is 0 Å². The first kappa shape index (κ1) is 19.1. The predicted molar refractivity (Wildman–Crippen MR) is 73.5 cm³/mol. The summed E-state index contributed by atoms with van der Waals surface area (Å²) in [6.07, 6.45) is 14.4. The standard InChI is InChI=1S/C15H22N2O2.2O.Ti/c18-11-16-15(17-12-19,13-7-3-1-4-8-13)14-9-5-2-6-10-14;;;/h13-14H,1-10H2;;;. The number of nitrogens with zero attached hydrogens (tertiary/aromatic N) is 2. The summed E-state index contributed by atoms with van der Waals surface area (Å²) < 4.78 is 17.0. The molecule has 0 aliphatic heterocycles. The molecule has 22 heavy (non-hydrogen) atoms. The summed E-state index contributed by atoms with van der Waals surface area (Å²) in [6.45, 7) is 0. The molecule has 0 aromatic heterocycles. The first-order chi connectivity index (χ1) is 10.7. The Kier molecular flexibility index (Phi) is 9.34. The van der Waals surface area contributed by atoms with Crippen molar-refractivity contribution in [2.75, 3.05) is 0 Å². The number of hydrogen-bond acceptors (Lipinski definition) is 6. The minimum atomic E-state index is -2.00. The van der Waals surface area contributed by atoms with E-state index in [0.717, 1.165) is 51.4 Å². The van der Waals surface area contributed by atoms with E-state index in [9.17, 15) is 9.59 Å². The molecule has 0 spiro atoms. The van der Waals surface area contributed by atoms with Crippen LogP contribution in [0.25, 0.3) is 0 Å². The normalized spacial score (nSPS) is 19.6. The summed E-state index contributed by atoms with van der Waals surface area (Å²) in [6, 6.07) is 0. The second kappa shape index (κ2) is 10.7. The van der Waals surface area contributed by atoms with Crippen molar-refractivity contribution in [3.05, 3.63) is 0 Å². The molecule has 2 fully saturated rings. The van der Waals surface area contributed by atoms with Gasteiger partial charge in [0, 0.05) is 11.8 Å². The minimum absolute atomic E-state index is 0.215. The molecule has 2 aliphatic carbocycles. The molecular formula is C15H22N2O4Ti. The van der Waals surface area contributed by atoms with E-state index >= 15 is 0 Å². The van der Waals surface area contributed by atoms with Gasteiger partial charge in [0.1, 0.15) is 0 Å². The van der Waals surface area contributed by atoms with Crippen LogP contribution >= 0.6 is 0 Å². The molecule has 6 nitrogen and oxygen atoms in total. The van der Waals surface area contributed by atoms with Gasteiger partial charge in [0.05, 0.1) is 0 Å². The Morgan fingerprint density at radius 2 is 1.05 bits per heavy atom. The Labute approximate surface area is 139 Å². The van der Waals surface area contributed by atoms with Gasteiger partial charge in [-0.25, -0.2) is 9.59 Å². The monoisotopic (exact) mass is 342 g/mol. The van der Waals surface area contributed by atoms with E-state index in [4.69, 9.17) is 6.65 Å². The van der Waals surface area contributed by atoms with Crippen LogP contribution in [0.3, 0.4) is 0 Å². The molecule has 0 amide bonds. The quantitative estimate of drug-likeness (QED) is 0.445.